The summed E-state index contributed by atoms with van der Waals surface area (Å²) in [5.41, 5.74) is 5.52. The fourth-order valence-electron chi connectivity index (χ4n) is 2.37. The molecule has 3 aromatic rings. The van der Waals surface area contributed by atoms with E-state index >= 15 is 0 Å². The van der Waals surface area contributed by atoms with Gasteiger partial charge in [-0.25, -0.2) is 5.43 Å². The van der Waals surface area contributed by atoms with Crippen molar-refractivity contribution in [1.82, 2.24) is 10.4 Å². The zero-order valence-corrected chi connectivity index (χ0v) is 12.6. The molecule has 0 aliphatic heterocycles. The summed E-state index contributed by atoms with van der Waals surface area (Å²) in [5, 5.41) is 2.09. The lowest BCUT2D eigenvalue weighted by molar-refractivity contribution is 0.637. The van der Waals surface area contributed by atoms with Gasteiger partial charge in [0.2, 0.25) is 0 Å². The Kier molecular flexibility index (Phi) is 4.08. The first kappa shape index (κ1) is 14.3. The number of rotatable bonds is 3. The standard InChI is InChI=1S/C16H13Cl2N3/c17-13-5-1-4-12(15(13)18)16(21-19)11-7-6-10-3-2-8-20-14(10)9-11/h1-9,16,21H,19H2. The summed E-state index contributed by atoms with van der Waals surface area (Å²) >= 11 is 12.4. The van der Waals surface area contributed by atoms with Gasteiger partial charge in [0.05, 0.1) is 21.6 Å². The van der Waals surface area contributed by atoms with E-state index in [-0.39, 0.29) is 6.04 Å². The van der Waals surface area contributed by atoms with Crippen molar-refractivity contribution in [3.63, 3.8) is 0 Å². The molecule has 1 aromatic heterocycles. The van der Waals surface area contributed by atoms with Crippen molar-refractivity contribution >= 4 is 34.1 Å². The van der Waals surface area contributed by atoms with Gasteiger partial charge in [-0.05, 0) is 29.3 Å². The van der Waals surface area contributed by atoms with Crippen LogP contribution >= 0.6 is 23.2 Å². The number of benzene rings is 2. The average Bonchev–Trinajstić information content (AvgIpc) is 2.52. The maximum Gasteiger partial charge on any atom is 0.0725 e. The van der Waals surface area contributed by atoms with E-state index < -0.39 is 0 Å². The number of pyridine rings is 1. The van der Waals surface area contributed by atoms with Crippen molar-refractivity contribution in [2.45, 2.75) is 6.04 Å². The van der Waals surface area contributed by atoms with Crippen LogP contribution in [0.5, 0.6) is 0 Å². The number of aromatic nitrogens is 1. The van der Waals surface area contributed by atoms with Crippen LogP contribution in [0.2, 0.25) is 10.0 Å². The Labute approximate surface area is 132 Å². The Morgan fingerprint density at radius 3 is 2.71 bits per heavy atom. The van der Waals surface area contributed by atoms with Gasteiger partial charge in [0.1, 0.15) is 0 Å². The molecule has 0 saturated carbocycles. The molecule has 1 atom stereocenters. The van der Waals surface area contributed by atoms with Gasteiger partial charge in [0, 0.05) is 11.6 Å². The summed E-state index contributed by atoms with van der Waals surface area (Å²) in [5.74, 6) is 5.73. The average molecular weight is 318 g/mol. The van der Waals surface area contributed by atoms with Gasteiger partial charge in [-0.15, -0.1) is 0 Å². The van der Waals surface area contributed by atoms with Crippen LogP contribution in [-0.4, -0.2) is 4.98 Å². The first-order valence-corrected chi connectivity index (χ1v) is 7.21. The van der Waals surface area contributed by atoms with Crippen molar-refractivity contribution < 1.29 is 0 Å². The van der Waals surface area contributed by atoms with Crippen molar-refractivity contribution in [3.8, 4) is 0 Å². The fraction of sp³-hybridized carbons (Fsp3) is 0.0625. The molecule has 3 nitrogen and oxygen atoms in total. The normalized spacial score (nSPS) is 12.5. The number of hydrogen-bond donors (Lipinski definition) is 2. The van der Waals surface area contributed by atoms with Crippen molar-refractivity contribution in [1.29, 1.82) is 0 Å². The largest absolute Gasteiger partial charge is 0.271 e. The highest BCUT2D eigenvalue weighted by Crippen LogP contribution is 2.33. The number of nitrogens with one attached hydrogen (secondary N) is 1. The Bertz CT molecular complexity index is 789. The minimum absolute atomic E-state index is 0.248. The third kappa shape index (κ3) is 2.74. The number of fused-ring (bicyclic) bond motifs is 1. The highest BCUT2D eigenvalue weighted by atomic mass is 35.5. The Hall–Kier alpha value is -1.65. The van der Waals surface area contributed by atoms with Gasteiger partial charge in [0.15, 0.2) is 0 Å². The highest BCUT2D eigenvalue weighted by Gasteiger charge is 2.17. The Balaban J connectivity index is 2.11. The van der Waals surface area contributed by atoms with E-state index in [1.165, 1.54) is 0 Å². The van der Waals surface area contributed by atoms with E-state index in [4.69, 9.17) is 29.0 Å². The predicted molar refractivity (Wildman–Crippen MR) is 87.4 cm³/mol. The van der Waals surface area contributed by atoms with Crippen LogP contribution < -0.4 is 11.3 Å². The summed E-state index contributed by atoms with van der Waals surface area (Å²) in [6, 6.07) is 15.2. The van der Waals surface area contributed by atoms with E-state index in [0.717, 1.165) is 22.0 Å². The van der Waals surface area contributed by atoms with Gasteiger partial charge < -0.3 is 0 Å². The lowest BCUT2D eigenvalue weighted by Crippen LogP contribution is -2.29. The molecule has 106 valence electrons. The minimum Gasteiger partial charge on any atom is -0.271 e. The topological polar surface area (TPSA) is 50.9 Å². The molecule has 0 aliphatic carbocycles. The predicted octanol–water partition coefficient (Wildman–Crippen LogP) is 4.09. The second-order valence-corrected chi connectivity index (χ2v) is 5.48. The third-order valence-corrected chi connectivity index (χ3v) is 4.26. The summed E-state index contributed by atoms with van der Waals surface area (Å²) < 4.78 is 0. The summed E-state index contributed by atoms with van der Waals surface area (Å²) in [7, 11) is 0. The first-order valence-electron chi connectivity index (χ1n) is 6.45. The molecule has 0 amide bonds. The summed E-state index contributed by atoms with van der Waals surface area (Å²) in [4.78, 5) is 4.36. The number of hydrazine groups is 1. The molecule has 3 rings (SSSR count). The maximum atomic E-state index is 6.29. The van der Waals surface area contributed by atoms with Gasteiger partial charge in [0.25, 0.3) is 0 Å². The van der Waals surface area contributed by atoms with Crippen LogP contribution in [0.3, 0.4) is 0 Å². The van der Waals surface area contributed by atoms with Crippen LogP contribution in [0, 0.1) is 0 Å². The smallest absolute Gasteiger partial charge is 0.0725 e. The van der Waals surface area contributed by atoms with Gasteiger partial charge in [-0.2, -0.15) is 0 Å². The molecule has 1 unspecified atom stereocenters. The monoisotopic (exact) mass is 317 g/mol. The number of halogens is 2. The zero-order valence-electron chi connectivity index (χ0n) is 11.1. The van der Waals surface area contributed by atoms with E-state index in [1.807, 2.05) is 42.5 Å². The van der Waals surface area contributed by atoms with Crippen LogP contribution in [0.15, 0.2) is 54.7 Å². The van der Waals surface area contributed by atoms with Crippen molar-refractivity contribution in [3.05, 3.63) is 75.9 Å². The minimum atomic E-state index is -0.248. The molecule has 21 heavy (non-hydrogen) atoms. The molecule has 0 saturated heterocycles. The fourth-order valence-corrected chi connectivity index (χ4v) is 2.79. The zero-order chi connectivity index (χ0) is 14.8. The lowest BCUT2D eigenvalue weighted by atomic mass is 9.98. The van der Waals surface area contributed by atoms with Gasteiger partial charge >= 0.3 is 0 Å². The number of hydrogen-bond acceptors (Lipinski definition) is 3. The SMILES string of the molecule is NNC(c1ccc2cccnc2c1)c1cccc(Cl)c1Cl. The molecule has 0 radical (unpaired) electrons. The van der Waals surface area contributed by atoms with E-state index in [9.17, 15) is 0 Å². The second-order valence-electron chi connectivity index (χ2n) is 4.70. The Morgan fingerprint density at radius 2 is 1.90 bits per heavy atom. The maximum absolute atomic E-state index is 6.29. The molecule has 1 heterocycles. The Morgan fingerprint density at radius 1 is 1.05 bits per heavy atom. The molecule has 0 spiro atoms. The van der Waals surface area contributed by atoms with Gasteiger partial charge in [-0.3, -0.25) is 10.8 Å². The molecule has 0 bridgehead atoms. The van der Waals surface area contributed by atoms with Gasteiger partial charge in [-0.1, -0.05) is 53.5 Å². The molecular formula is C16H13Cl2N3. The molecule has 5 heteroatoms. The molecule has 0 fully saturated rings. The van der Waals surface area contributed by atoms with Crippen LogP contribution in [-0.2, 0) is 0 Å². The highest BCUT2D eigenvalue weighted by molar-refractivity contribution is 6.42. The quantitative estimate of drug-likeness (QED) is 0.565. The second kappa shape index (κ2) is 6.00. The first-order chi connectivity index (χ1) is 10.2. The van der Waals surface area contributed by atoms with E-state index in [2.05, 4.69) is 10.4 Å². The number of nitrogens with two attached hydrogens (primary N) is 1. The third-order valence-electron chi connectivity index (χ3n) is 3.42. The van der Waals surface area contributed by atoms with Crippen LogP contribution in [0.25, 0.3) is 10.9 Å². The summed E-state index contributed by atoms with van der Waals surface area (Å²) in [6.07, 6.45) is 1.77. The van der Waals surface area contributed by atoms with Crippen molar-refractivity contribution in [2.75, 3.05) is 0 Å². The van der Waals surface area contributed by atoms with E-state index in [0.29, 0.717) is 10.0 Å². The molecule has 3 N–H and O–H groups in total. The molecular weight excluding hydrogens is 305 g/mol. The number of nitrogens with zero attached hydrogens (tertiary/aromatic N) is 1. The van der Waals surface area contributed by atoms with Crippen LogP contribution in [0.1, 0.15) is 17.2 Å². The van der Waals surface area contributed by atoms with Crippen molar-refractivity contribution in [2.24, 2.45) is 5.84 Å². The summed E-state index contributed by atoms with van der Waals surface area (Å²) in [6.45, 7) is 0. The lowest BCUT2D eigenvalue weighted by Gasteiger charge is -2.19. The van der Waals surface area contributed by atoms with E-state index in [1.54, 1.807) is 12.3 Å². The molecule has 2 aromatic carbocycles. The molecule has 0 aliphatic rings. The van der Waals surface area contributed by atoms with Crippen LogP contribution in [0.4, 0.5) is 0 Å².